The monoisotopic (exact) mass is 301 g/mol. The minimum absolute atomic E-state index is 0.0647. The van der Waals surface area contributed by atoms with E-state index >= 15 is 0 Å². The van der Waals surface area contributed by atoms with Crippen LogP contribution in [0.25, 0.3) is 0 Å². The third kappa shape index (κ3) is 2.89. The van der Waals surface area contributed by atoms with E-state index in [2.05, 4.69) is 10.5 Å². The Labute approximate surface area is 120 Å². The standard InChI is InChI=1S/C13H23N3O3S/c1-4-9-16(12-5-7-14-8-6-12)20(17,18)13-10(2)15-19-11(13)3/h12,14H,4-9H2,1-3H3. The van der Waals surface area contributed by atoms with Crippen molar-refractivity contribution in [1.29, 1.82) is 0 Å². The van der Waals surface area contributed by atoms with Crippen molar-refractivity contribution >= 4 is 10.0 Å². The summed E-state index contributed by atoms with van der Waals surface area (Å²) in [7, 11) is -3.53. The lowest BCUT2D eigenvalue weighted by Crippen LogP contribution is -2.46. The molecule has 1 N–H and O–H groups in total. The minimum Gasteiger partial charge on any atom is -0.360 e. The maximum absolute atomic E-state index is 12.9. The van der Waals surface area contributed by atoms with E-state index in [4.69, 9.17) is 4.52 Å². The van der Waals surface area contributed by atoms with Gasteiger partial charge in [-0.1, -0.05) is 12.1 Å². The lowest BCUT2D eigenvalue weighted by Gasteiger charge is -2.33. The van der Waals surface area contributed by atoms with E-state index in [9.17, 15) is 8.42 Å². The summed E-state index contributed by atoms with van der Waals surface area (Å²) in [4.78, 5) is 0.240. The number of nitrogens with one attached hydrogen (secondary N) is 1. The van der Waals surface area contributed by atoms with Gasteiger partial charge in [0.25, 0.3) is 0 Å². The summed E-state index contributed by atoms with van der Waals surface area (Å²) in [6.45, 7) is 7.59. The largest absolute Gasteiger partial charge is 0.360 e. The van der Waals surface area contributed by atoms with Crippen molar-refractivity contribution in [2.45, 2.75) is 51.0 Å². The van der Waals surface area contributed by atoms with Gasteiger partial charge in [-0.25, -0.2) is 8.42 Å². The van der Waals surface area contributed by atoms with Crippen LogP contribution in [0.1, 0.15) is 37.6 Å². The second-order valence-corrected chi connectivity index (χ2v) is 7.08. The van der Waals surface area contributed by atoms with Crippen LogP contribution in [0, 0.1) is 13.8 Å². The van der Waals surface area contributed by atoms with Gasteiger partial charge in [0.05, 0.1) is 0 Å². The molecule has 7 heteroatoms. The maximum atomic E-state index is 12.9. The van der Waals surface area contributed by atoms with Crippen LogP contribution in [0.15, 0.2) is 9.42 Å². The third-order valence-corrected chi connectivity index (χ3v) is 5.89. The zero-order valence-corrected chi connectivity index (χ0v) is 13.2. The summed E-state index contributed by atoms with van der Waals surface area (Å²) in [5, 5.41) is 7.05. The zero-order valence-electron chi connectivity index (χ0n) is 12.3. The van der Waals surface area contributed by atoms with E-state index in [1.807, 2.05) is 6.92 Å². The maximum Gasteiger partial charge on any atom is 0.248 e. The van der Waals surface area contributed by atoms with Crippen LogP contribution in [0.2, 0.25) is 0 Å². The lowest BCUT2D eigenvalue weighted by molar-refractivity contribution is 0.262. The van der Waals surface area contributed by atoms with Gasteiger partial charge in [0.2, 0.25) is 10.0 Å². The number of rotatable bonds is 5. The van der Waals surface area contributed by atoms with E-state index in [1.165, 1.54) is 0 Å². The Morgan fingerprint density at radius 3 is 2.50 bits per heavy atom. The number of aromatic nitrogens is 1. The summed E-state index contributed by atoms with van der Waals surface area (Å²) >= 11 is 0. The van der Waals surface area contributed by atoms with Crippen molar-refractivity contribution in [3.8, 4) is 0 Å². The molecule has 1 aromatic rings. The summed E-state index contributed by atoms with van der Waals surface area (Å²) < 4.78 is 32.5. The van der Waals surface area contributed by atoms with E-state index < -0.39 is 10.0 Å². The van der Waals surface area contributed by atoms with Crippen molar-refractivity contribution in [2.75, 3.05) is 19.6 Å². The molecular weight excluding hydrogens is 278 g/mol. The summed E-state index contributed by atoms with van der Waals surface area (Å²) in [5.74, 6) is 0.373. The highest BCUT2D eigenvalue weighted by atomic mass is 32.2. The van der Waals surface area contributed by atoms with E-state index in [0.29, 0.717) is 18.0 Å². The molecule has 0 amide bonds. The average molecular weight is 301 g/mol. The highest BCUT2D eigenvalue weighted by Gasteiger charge is 2.35. The Bertz CT molecular complexity index is 528. The fourth-order valence-corrected chi connectivity index (χ4v) is 4.85. The molecule has 0 bridgehead atoms. The Morgan fingerprint density at radius 1 is 1.35 bits per heavy atom. The SMILES string of the molecule is CCCN(C1CCNCC1)S(=O)(=O)c1c(C)noc1C. The highest BCUT2D eigenvalue weighted by Crippen LogP contribution is 2.27. The van der Waals surface area contributed by atoms with Crippen LogP contribution in [-0.4, -0.2) is 43.6 Å². The van der Waals surface area contributed by atoms with Crippen LogP contribution < -0.4 is 5.32 Å². The van der Waals surface area contributed by atoms with Crippen LogP contribution in [0.5, 0.6) is 0 Å². The molecule has 2 heterocycles. The van der Waals surface area contributed by atoms with Gasteiger partial charge in [-0.2, -0.15) is 4.31 Å². The van der Waals surface area contributed by atoms with Gasteiger partial charge in [-0.3, -0.25) is 0 Å². The highest BCUT2D eigenvalue weighted by molar-refractivity contribution is 7.89. The van der Waals surface area contributed by atoms with Gasteiger partial charge in [0, 0.05) is 12.6 Å². The van der Waals surface area contributed by atoms with Gasteiger partial charge in [0.1, 0.15) is 10.6 Å². The van der Waals surface area contributed by atoms with Crippen molar-refractivity contribution in [2.24, 2.45) is 0 Å². The predicted molar refractivity (Wildman–Crippen MR) is 76.1 cm³/mol. The topological polar surface area (TPSA) is 75.4 Å². The molecule has 20 heavy (non-hydrogen) atoms. The quantitative estimate of drug-likeness (QED) is 0.890. The molecule has 0 aliphatic carbocycles. The molecule has 1 fully saturated rings. The smallest absolute Gasteiger partial charge is 0.248 e. The van der Waals surface area contributed by atoms with Crippen LogP contribution in [0.4, 0.5) is 0 Å². The molecular formula is C13H23N3O3S. The van der Waals surface area contributed by atoms with E-state index in [-0.39, 0.29) is 10.9 Å². The molecule has 0 radical (unpaired) electrons. The van der Waals surface area contributed by atoms with E-state index in [0.717, 1.165) is 32.4 Å². The fraction of sp³-hybridized carbons (Fsp3) is 0.769. The third-order valence-electron chi connectivity index (χ3n) is 3.69. The van der Waals surface area contributed by atoms with Crippen molar-refractivity contribution in [3.05, 3.63) is 11.5 Å². The van der Waals surface area contributed by atoms with Gasteiger partial charge >= 0.3 is 0 Å². The zero-order chi connectivity index (χ0) is 14.8. The molecule has 0 spiro atoms. The van der Waals surface area contributed by atoms with Gasteiger partial charge in [-0.05, 0) is 46.2 Å². The molecule has 1 saturated heterocycles. The first-order valence-corrected chi connectivity index (χ1v) is 8.58. The van der Waals surface area contributed by atoms with Crippen molar-refractivity contribution in [3.63, 3.8) is 0 Å². The molecule has 114 valence electrons. The Hall–Kier alpha value is -0.920. The molecule has 1 aliphatic rings. The molecule has 0 aromatic carbocycles. The molecule has 0 saturated carbocycles. The number of piperidine rings is 1. The number of nitrogens with zero attached hydrogens (tertiary/aromatic N) is 2. The first-order valence-electron chi connectivity index (χ1n) is 7.14. The molecule has 2 rings (SSSR count). The van der Waals surface area contributed by atoms with Crippen LogP contribution >= 0.6 is 0 Å². The Balaban J connectivity index is 2.36. The summed E-state index contributed by atoms with van der Waals surface area (Å²) in [5.41, 5.74) is 0.442. The summed E-state index contributed by atoms with van der Waals surface area (Å²) in [6, 6.07) is 0.0647. The molecule has 1 aromatic heterocycles. The second kappa shape index (κ2) is 6.24. The van der Waals surface area contributed by atoms with Gasteiger partial charge in [-0.15, -0.1) is 0 Å². The lowest BCUT2D eigenvalue weighted by atomic mass is 10.1. The van der Waals surface area contributed by atoms with Gasteiger partial charge < -0.3 is 9.84 Å². The second-order valence-electron chi connectivity index (χ2n) is 5.25. The molecule has 6 nitrogen and oxygen atoms in total. The molecule has 1 aliphatic heterocycles. The number of hydrogen-bond donors (Lipinski definition) is 1. The first kappa shape index (κ1) is 15.5. The van der Waals surface area contributed by atoms with Crippen molar-refractivity contribution in [1.82, 2.24) is 14.8 Å². The van der Waals surface area contributed by atoms with Gasteiger partial charge in [0.15, 0.2) is 5.76 Å². The average Bonchev–Trinajstić information content (AvgIpc) is 2.77. The fourth-order valence-electron chi connectivity index (χ4n) is 2.77. The minimum atomic E-state index is -3.53. The normalized spacial score (nSPS) is 17.8. The van der Waals surface area contributed by atoms with Crippen LogP contribution in [0.3, 0.4) is 0 Å². The molecule has 0 unspecified atom stereocenters. The first-order chi connectivity index (χ1) is 9.48. The Kier molecular flexibility index (Phi) is 4.82. The van der Waals surface area contributed by atoms with E-state index in [1.54, 1.807) is 18.2 Å². The summed E-state index contributed by atoms with van der Waals surface area (Å²) in [6.07, 6.45) is 2.50. The Morgan fingerprint density at radius 2 is 2.00 bits per heavy atom. The predicted octanol–water partition coefficient (Wildman–Crippen LogP) is 1.44. The molecule has 0 atom stereocenters. The number of hydrogen-bond acceptors (Lipinski definition) is 5. The number of sulfonamides is 1. The van der Waals surface area contributed by atoms with Crippen molar-refractivity contribution < 1.29 is 12.9 Å². The number of aryl methyl sites for hydroxylation is 2. The van der Waals surface area contributed by atoms with Crippen LogP contribution in [-0.2, 0) is 10.0 Å².